The van der Waals surface area contributed by atoms with Gasteiger partial charge in [0.2, 0.25) is 0 Å². The van der Waals surface area contributed by atoms with Crippen LogP contribution in [0.1, 0.15) is 44.5 Å². The van der Waals surface area contributed by atoms with Crippen molar-refractivity contribution in [2.75, 3.05) is 7.05 Å². The number of aromatic carboxylic acids is 1. The van der Waals surface area contributed by atoms with Crippen molar-refractivity contribution in [2.45, 2.75) is 33.4 Å². The van der Waals surface area contributed by atoms with Crippen LogP contribution < -0.4 is 0 Å². The molecule has 2 rings (SSSR count). The fraction of sp³-hybridized carbons (Fsp3) is 0.375. The summed E-state index contributed by atoms with van der Waals surface area (Å²) in [5, 5.41) is 10.3. The van der Waals surface area contributed by atoms with Crippen molar-refractivity contribution in [3.8, 4) is 0 Å². The molecule has 0 amide bonds. The summed E-state index contributed by atoms with van der Waals surface area (Å²) in [4.78, 5) is 19.1. The number of benzene rings is 1. The number of aryl methyl sites for hydroxylation is 2. The molecule has 0 saturated heterocycles. The Kier molecular flexibility index (Phi) is 4.75. The maximum atomic E-state index is 11.3. The van der Waals surface area contributed by atoms with Gasteiger partial charge in [-0.15, -0.1) is 11.3 Å². The van der Waals surface area contributed by atoms with Crippen LogP contribution in [0.2, 0.25) is 0 Å². The van der Waals surface area contributed by atoms with Crippen LogP contribution in [0.5, 0.6) is 0 Å². The molecule has 1 aromatic carbocycles. The van der Waals surface area contributed by atoms with Gasteiger partial charge < -0.3 is 5.11 Å². The molecule has 0 spiro atoms. The van der Waals surface area contributed by atoms with E-state index in [4.69, 9.17) is 0 Å². The van der Waals surface area contributed by atoms with Crippen LogP contribution in [0.15, 0.2) is 24.3 Å². The molecule has 4 nitrogen and oxygen atoms in total. The van der Waals surface area contributed by atoms with E-state index in [1.807, 2.05) is 33.0 Å². The fourth-order valence-electron chi connectivity index (χ4n) is 2.41. The zero-order valence-corrected chi connectivity index (χ0v) is 13.6. The van der Waals surface area contributed by atoms with Crippen LogP contribution in [-0.2, 0) is 6.54 Å². The average molecular weight is 304 g/mol. The molecule has 112 valence electrons. The average Bonchev–Trinajstić information content (AvgIpc) is 2.77. The van der Waals surface area contributed by atoms with Gasteiger partial charge in [0.15, 0.2) is 0 Å². The number of carboxylic acid groups (broad SMARTS) is 1. The van der Waals surface area contributed by atoms with E-state index < -0.39 is 5.97 Å². The van der Waals surface area contributed by atoms with Crippen molar-refractivity contribution in [1.29, 1.82) is 0 Å². The van der Waals surface area contributed by atoms with Crippen molar-refractivity contribution in [2.24, 2.45) is 0 Å². The van der Waals surface area contributed by atoms with Gasteiger partial charge in [-0.05, 0) is 39.4 Å². The van der Waals surface area contributed by atoms with Gasteiger partial charge in [-0.2, -0.15) is 0 Å². The molecular formula is C16H20N2O2S. The zero-order chi connectivity index (χ0) is 15.6. The number of nitrogens with zero attached hydrogens (tertiary/aromatic N) is 2. The molecule has 1 unspecified atom stereocenters. The number of hydrogen-bond donors (Lipinski definition) is 1. The summed E-state index contributed by atoms with van der Waals surface area (Å²) >= 11 is 1.70. The summed E-state index contributed by atoms with van der Waals surface area (Å²) in [5.74, 6) is -0.878. The minimum atomic E-state index is -0.878. The van der Waals surface area contributed by atoms with Crippen molar-refractivity contribution in [1.82, 2.24) is 9.88 Å². The fourth-order valence-corrected chi connectivity index (χ4v) is 3.45. The lowest BCUT2D eigenvalue weighted by molar-refractivity contribution is 0.0694. The monoisotopic (exact) mass is 304 g/mol. The highest BCUT2D eigenvalue weighted by Crippen LogP contribution is 2.29. The molecule has 0 aliphatic rings. The Morgan fingerprint density at radius 2 is 2.05 bits per heavy atom. The molecule has 5 heteroatoms. The first-order chi connectivity index (χ1) is 9.90. The third-order valence-electron chi connectivity index (χ3n) is 3.65. The van der Waals surface area contributed by atoms with Crippen molar-refractivity contribution < 1.29 is 9.90 Å². The lowest BCUT2D eigenvalue weighted by Gasteiger charge is -2.24. The molecule has 0 aliphatic heterocycles. The summed E-state index contributed by atoms with van der Waals surface area (Å²) in [7, 11) is 2.01. The van der Waals surface area contributed by atoms with Crippen LogP contribution in [0, 0.1) is 13.8 Å². The Morgan fingerprint density at radius 3 is 2.62 bits per heavy atom. The predicted octanol–water partition coefficient (Wildman–Crippen LogP) is 3.65. The Labute approximate surface area is 129 Å². The Morgan fingerprint density at radius 1 is 1.38 bits per heavy atom. The molecule has 1 aromatic heterocycles. The normalized spacial score (nSPS) is 12.6. The van der Waals surface area contributed by atoms with Gasteiger partial charge in [0, 0.05) is 17.5 Å². The van der Waals surface area contributed by atoms with E-state index in [1.54, 1.807) is 23.5 Å². The van der Waals surface area contributed by atoms with Crippen molar-refractivity contribution in [3.63, 3.8) is 0 Å². The van der Waals surface area contributed by atoms with Crippen LogP contribution in [0.25, 0.3) is 0 Å². The molecule has 1 N–H and O–H groups in total. The predicted molar refractivity (Wildman–Crippen MR) is 84.9 cm³/mol. The van der Waals surface area contributed by atoms with E-state index >= 15 is 0 Å². The van der Waals surface area contributed by atoms with Crippen LogP contribution in [0.4, 0.5) is 0 Å². The first kappa shape index (κ1) is 15.7. The van der Waals surface area contributed by atoms with Gasteiger partial charge in [-0.1, -0.05) is 18.2 Å². The molecule has 1 heterocycles. The third-order valence-corrected chi connectivity index (χ3v) is 4.89. The number of rotatable bonds is 5. The van der Waals surface area contributed by atoms with Crippen LogP contribution in [0.3, 0.4) is 0 Å². The van der Waals surface area contributed by atoms with E-state index in [9.17, 15) is 9.90 Å². The molecule has 0 aliphatic carbocycles. The summed E-state index contributed by atoms with van der Waals surface area (Å²) in [5.41, 5.74) is 2.26. The van der Waals surface area contributed by atoms with Gasteiger partial charge in [0.25, 0.3) is 0 Å². The first-order valence-corrected chi connectivity index (χ1v) is 7.67. The minimum Gasteiger partial charge on any atom is -0.478 e. The van der Waals surface area contributed by atoms with E-state index in [0.717, 1.165) is 16.3 Å². The third kappa shape index (κ3) is 3.49. The lowest BCUT2D eigenvalue weighted by Crippen LogP contribution is -2.23. The van der Waals surface area contributed by atoms with E-state index in [1.165, 1.54) is 4.88 Å². The summed E-state index contributed by atoms with van der Waals surface area (Å²) in [6, 6.07) is 7.36. The summed E-state index contributed by atoms with van der Waals surface area (Å²) < 4.78 is 0. The van der Waals surface area contributed by atoms with Gasteiger partial charge in [-0.3, -0.25) is 4.90 Å². The molecule has 1 atom stereocenters. The molecule has 0 bridgehead atoms. The SMILES string of the molecule is Cc1nc(C)c(C(C)N(C)Cc2ccccc2C(=O)O)s1. The van der Waals surface area contributed by atoms with Gasteiger partial charge in [-0.25, -0.2) is 9.78 Å². The Hall–Kier alpha value is -1.72. The second kappa shape index (κ2) is 6.37. The quantitative estimate of drug-likeness (QED) is 0.916. The smallest absolute Gasteiger partial charge is 0.336 e. The largest absolute Gasteiger partial charge is 0.478 e. The number of carboxylic acids is 1. The first-order valence-electron chi connectivity index (χ1n) is 6.85. The standard InChI is InChI=1S/C16H20N2O2S/c1-10-15(21-12(3)17-10)11(2)18(4)9-13-7-5-6-8-14(13)16(19)20/h5-8,11H,9H2,1-4H3,(H,19,20). The highest BCUT2D eigenvalue weighted by atomic mass is 32.1. The highest BCUT2D eigenvalue weighted by Gasteiger charge is 2.19. The molecular weight excluding hydrogens is 284 g/mol. The van der Waals surface area contributed by atoms with Crippen molar-refractivity contribution >= 4 is 17.3 Å². The second-order valence-electron chi connectivity index (χ2n) is 5.24. The lowest BCUT2D eigenvalue weighted by atomic mass is 10.1. The van der Waals surface area contributed by atoms with E-state index in [-0.39, 0.29) is 6.04 Å². The number of thiazole rings is 1. The van der Waals surface area contributed by atoms with Crippen molar-refractivity contribution in [3.05, 3.63) is 51.0 Å². The summed E-state index contributed by atoms with van der Waals surface area (Å²) in [6.07, 6.45) is 0. The van der Waals surface area contributed by atoms with Gasteiger partial charge >= 0.3 is 5.97 Å². The molecule has 2 aromatic rings. The van der Waals surface area contributed by atoms with E-state index in [0.29, 0.717) is 12.1 Å². The highest BCUT2D eigenvalue weighted by molar-refractivity contribution is 7.11. The van der Waals surface area contributed by atoms with E-state index in [2.05, 4.69) is 16.8 Å². The van der Waals surface area contributed by atoms with Gasteiger partial charge in [0.1, 0.15) is 0 Å². The molecule has 0 saturated carbocycles. The Bertz CT molecular complexity index is 651. The maximum Gasteiger partial charge on any atom is 0.336 e. The topological polar surface area (TPSA) is 53.4 Å². The molecule has 0 fully saturated rings. The minimum absolute atomic E-state index is 0.207. The number of carbonyl (C=O) groups is 1. The van der Waals surface area contributed by atoms with Crippen LogP contribution in [-0.4, -0.2) is 28.0 Å². The van der Waals surface area contributed by atoms with Gasteiger partial charge in [0.05, 0.1) is 16.3 Å². The summed E-state index contributed by atoms with van der Waals surface area (Å²) in [6.45, 7) is 6.76. The maximum absolute atomic E-state index is 11.3. The number of hydrogen-bond acceptors (Lipinski definition) is 4. The molecule has 21 heavy (non-hydrogen) atoms. The van der Waals surface area contributed by atoms with Crippen LogP contribution >= 0.6 is 11.3 Å². The molecule has 0 radical (unpaired) electrons. The Balaban J connectivity index is 2.20. The zero-order valence-electron chi connectivity index (χ0n) is 12.8. The number of aromatic nitrogens is 1. The second-order valence-corrected chi connectivity index (χ2v) is 6.47.